The van der Waals surface area contributed by atoms with E-state index in [2.05, 4.69) is 4.98 Å². The van der Waals surface area contributed by atoms with Crippen LogP contribution in [0.25, 0.3) is 5.76 Å². The van der Waals surface area contributed by atoms with E-state index in [0.29, 0.717) is 11.3 Å². The number of aromatic nitrogens is 1. The predicted octanol–water partition coefficient (Wildman–Crippen LogP) is 4.08. The summed E-state index contributed by atoms with van der Waals surface area (Å²) in [5.74, 6) is -2.00. The first-order valence-corrected chi connectivity index (χ1v) is 10.2. The van der Waals surface area contributed by atoms with Gasteiger partial charge in [0.25, 0.3) is 11.7 Å². The Kier molecular flexibility index (Phi) is 5.93. The minimum absolute atomic E-state index is 0.109. The fraction of sp³-hybridized carbons (Fsp3) is 0.125. The van der Waals surface area contributed by atoms with Gasteiger partial charge in [-0.05, 0) is 35.9 Å². The molecule has 2 N–H and O–H groups in total. The molecule has 8 nitrogen and oxygen atoms in total. The van der Waals surface area contributed by atoms with Crippen LogP contribution in [0.15, 0.2) is 66.5 Å². The number of Topliss-reactive ketones (excluding diaryl/α,β-unsaturated/α-hetero) is 1. The molecule has 0 spiro atoms. The van der Waals surface area contributed by atoms with Crippen LogP contribution in [-0.2, 0) is 9.59 Å². The lowest BCUT2D eigenvalue weighted by Gasteiger charge is -2.26. The molecule has 1 fully saturated rings. The first-order valence-electron chi connectivity index (χ1n) is 9.79. The first-order chi connectivity index (χ1) is 15.9. The molecule has 4 rings (SSSR count). The Morgan fingerprint density at radius 3 is 2.33 bits per heavy atom. The topological polar surface area (TPSA) is 109 Å². The van der Waals surface area contributed by atoms with Gasteiger partial charge in [0, 0.05) is 18.5 Å². The number of carbonyl (C=O) groups is 2. The molecule has 1 aliphatic heterocycles. The number of aliphatic hydroxyl groups is 1. The van der Waals surface area contributed by atoms with Crippen LogP contribution >= 0.6 is 11.6 Å². The molecule has 0 radical (unpaired) electrons. The number of anilines is 1. The summed E-state index contributed by atoms with van der Waals surface area (Å²) in [6, 6.07) is 11.2. The zero-order valence-electron chi connectivity index (χ0n) is 17.7. The Bertz CT molecular complexity index is 1280. The lowest BCUT2D eigenvalue weighted by Crippen LogP contribution is -2.29. The highest BCUT2D eigenvalue weighted by Gasteiger charge is 2.48. The highest BCUT2D eigenvalue weighted by Crippen LogP contribution is 2.46. The number of hydrogen-bond acceptors (Lipinski definition) is 7. The van der Waals surface area contributed by atoms with E-state index in [4.69, 9.17) is 21.1 Å². The third kappa shape index (κ3) is 3.74. The van der Waals surface area contributed by atoms with Crippen LogP contribution in [0, 0.1) is 0 Å². The van der Waals surface area contributed by atoms with E-state index in [0.717, 1.165) is 4.90 Å². The average molecular weight is 467 g/mol. The van der Waals surface area contributed by atoms with Crippen molar-refractivity contribution in [3.63, 3.8) is 0 Å². The van der Waals surface area contributed by atoms with Crippen molar-refractivity contribution in [2.75, 3.05) is 19.1 Å². The molecule has 1 atom stereocenters. The zero-order chi connectivity index (χ0) is 23.7. The van der Waals surface area contributed by atoms with Crippen molar-refractivity contribution in [2.24, 2.45) is 0 Å². The van der Waals surface area contributed by atoms with E-state index >= 15 is 0 Å². The van der Waals surface area contributed by atoms with Crippen LogP contribution in [0.5, 0.6) is 17.2 Å². The summed E-state index contributed by atoms with van der Waals surface area (Å²) in [4.78, 5) is 31.5. The third-order valence-corrected chi connectivity index (χ3v) is 5.63. The van der Waals surface area contributed by atoms with Crippen LogP contribution in [0.2, 0.25) is 5.02 Å². The van der Waals surface area contributed by atoms with Crippen LogP contribution in [-0.4, -0.2) is 41.1 Å². The molecule has 2 heterocycles. The van der Waals surface area contributed by atoms with Gasteiger partial charge in [-0.1, -0.05) is 23.7 Å². The standard InChI is InChI=1S/C24H19ClN2O6/c1-32-18-12-19(33-2)15(25)11-14(18)22(29)20-21(13-7-9-26-10-8-13)27(24(31)23(20)30)16-5-3-4-6-17(16)28/h3-12,21,28-29H,1-2H3/b22-20+. The smallest absolute Gasteiger partial charge is 0.300 e. The van der Waals surface area contributed by atoms with E-state index in [1.54, 1.807) is 24.3 Å². The van der Waals surface area contributed by atoms with Gasteiger partial charge in [-0.15, -0.1) is 0 Å². The van der Waals surface area contributed by atoms with Gasteiger partial charge in [0.2, 0.25) is 0 Å². The third-order valence-electron chi connectivity index (χ3n) is 5.34. The van der Waals surface area contributed by atoms with E-state index in [9.17, 15) is 19.8 Å². The Balaban J connectivity index is 2.00. The number of rotatable bonds is 5. The fourth-order valence-corrected chi connectivity index (χ4v) is 4.04. The molecule has 1 saturated heterocycles. The van der Waals surface area contributed by atoms with Gasteiger partial charge in [0.1, 0.15) is 23.0 Å². The summed E-state index contributed by atoms with van der Waals surface area (Å²) in [5.41, 5.74) is 0.555. The van der Waals surface area contributed by atoms with Gasteiger partial charge in [-0.3, -0.25) is 19.5 Å². The van der Waals surface area contributed by atoms with Gasteiger partial charge in [-0.2, -0.15) is 0 Å². The molecule has 9 heteroatoms. The van der Waals surface area contributed by atoms with Crippen LogP contribution < -0.4 is 14.4 Å². The second-order valence-corrected chi connectivity index (χ2v) is 7.53. The summed E-state index contributed by atoms with van der Waals surface area (Å²) in [5, 5.41) is 21.9. The lowest BCUT2D eigenvalue weighted by molar-refractivity contribution is -0.132. The lowest BCUT2D eigenvalue weighted by atomic mass is 9.95. The Morgan fingerprint density at radius 1 is 1.03 bits per heavy atom. The summed E-state index contributed by atoms with van der Waals surface area (Å²) >= 11 is 6.26. The predicted molar refractivity (Wildman–Crippen MR) is 122 cm³/mol. The highest BCUT2D eigenvalue weighted by molar-refractivity contribution is 6.52. The summed E-state index contributed by atoms with van der Waals surface area (Å²) in [6.45, 7) is 0. The molecule has 0 aliphatic carbocycles. The minimum Gasteiger partial charge on any atom is -0.507 e. The van der Waals surface area contributed by atoms with Crippen molar-refractivity contribution < 1.29 is 29.3 Å². The number of carbonyl (C=O) groups excluding carboxylic acids is 2. The zero-order valence-corrected chi connectivity index (χ0v) is 18.4. The van der Waals surface area contributed by atoms with Crippen molar-refractivity contribution in [3.8, 4) is 17.2 Å². The molecule has 1 amide bonds. The summed E-state index contributed by atoms with van der Waals surface area (Å²) in [7, 11) is 2.82. The first kappa shape index (κ1) is 22.2. The number of pyridine rings is 1. The Hall–Kier alpha value is -4.04. The number of phenols is 1. The van der Waals surface area contributed by atoms with Gasteiger partial charge in [0.05, 0.1) is 42.1 Å². The van der Waals surface area contributed by atoms with Crippen molar-refractivity contribution in [1.82, 2.24) is 4.98 Å². The quantitative estimate of drug-likeness (QED) is 0.331. The Labute approximate surface area is 194 Å². The molecule has 168 valence electrons. The molecular weight excluding hydrogens is 448 g/mol. The maximum atomic E-state index is 13.2. The van der Waals surface area contributed by atoms with Gasteiger partial charge >= 0.3 is 0 Å². The van der Waals surface area contributed by atoms with Crippen molar-refractivity contribution >= 4 is 34.7 Å². The normalized spacial score (nSPS) is 17.3. The van der Waals surface area contributed by atoms with Gasteiger partial charge in [-0.25, -0.2) is 0 Å². The molecule has 1 unspecified atom stereocenters. The molecule has 0 saturated carbocycles. The monoisotopic (exact) mass is 466 g/mol. The van der Waals surface area contributed by atoms with E-state index in [1.165, 1.54) is 50.9 Å². The maximum Gasteiger partial charge on any atom is 0.300 e. The number of methoxy groups -OCH3 is 2. The van der Waals surface area contributed by atoms with Crippen LogP contribution in [0.4, 0.5) is 5.69 Å². The van der Waals surface area contributed by atoms with E-state index in [1.807, 2.05) is 0 Å². The number of halogens is 1. The molecule has 3 aromatic rings. The van der Waals surface area contributed by atoms with Crippen molar-refractivity contribution in [1.29, 1.82) is 0 Å². The number of ketones is 1. The number of aliphatic hydroxyl groups excluding tert-OH is 1. The number of amides is 1. The van der Waals surface area contributed by atoms with Gasteiger partial charge in [0.15, 0.2) is 0 Å². The minimum atomic E-state index is -1.04. The van der Waals surface area contributed by atoms with Crippen LogP contribution in [0.3, 0.4) is 0 Å². The van der Waals surface area contributed by atoms with E-state index in [-0.39, 0.29) is 33.3 Å². The average Bonchev–Trinajstić information content (AvgIpc) is 3.09. The molecule has 2 aromatic carbocycles. The van der Waals surface area contributed by atoms with Crippen molar-refractivity contribution in [2.45, 2.75) is 6.04 Å². The molecule has 1 aliphatic rings. The molecular formula is C24H19ClN2O6. The number of phenolic OH excluding ortho intramolecular Hbond substituents is 1. The number of hydrogen-bond donors (Lipinski definition) is 2. The largest absolute Gasteiger partial charge is 0.507 e. The number of nitrogens with zero attached hydrogens (tertiary/aromatic N) is 2. The second kappa shape index (κ2) is 8.84. The fourth-order valence-electron chi connectivity index (χ4n) is 3.80. The summed E-state index contributed by atoms with van der Waals surface area (Å²) < 4.78 is 10.6. The number of para-hydroxylation sites is 2. The van der Waals surface area contributed by atoms with Crippen LogP contribution in [0.1, 0.15) is 17.2 Å². The number of ether oxygens (including phenoxy) is 2. The maximum absolute atomic E-state index is 13.2. The van der Waals surface area contributed by atoms with Crippen molar-refractivity contribution in [3.05, 3.63) is 82.6 Å². The highest BCUT2D eigenvalue weighted by atomic mass is 35.5. The SMILES string of the molecule is COc1cc(OC)c(/C(O)=C2\C(=O)C(=O)N(c3ccccc3O)C2c2ccncc2)cc1Cl. The van der Waals surface area contributed by atoms with Gasteiger partial charge < -0.3 is 19.7 Å². The number of aromatic hydroxyl groups is 1. The molecule has 1 aromatic heterocycles. The Morgan fingerprint density at radius 2 is 1.70 bits per heavy atom. The second-order valence-electron chi connectivity index (χ2n) is 7.13. The molecule has 33 heavy (non-hydrogen) atoms. The number of benzene rings is 2. The molecule has 0 bridgehead atoms. The summed E-state index contributed by atoms with van der Waals surface area (Å²) in [6.07, 6.45) is 3.01. The van der Waals surface area contributed by atoms with E-state index < -0.39 is 23.5 Å².